The molecule has 1 amide bonds. The van der Waals surface area contributed by atoms with Gasteiger partial charge in [0.1, 0.15) is 5.82 Å². The summed E-state index contributed by atoms with van der Waals surface area (Å²) in [6.45, 7) is 0. The highest BCUT2D eigenvalue weighted by atomic mass is 35.5. The number of anilines is 2. The predicted octanol–water partition coefficient (Wildman–Crippen LogP) is 4.39. The van der Waals surface area contributed by atoms with Crippen LogP contribution in [0.25, 0.3) is 0 Å². The third-order valence-corrected chi connectivity index (χ3v) is 4.33. The number of hydrogen-bond donors (Lipinski definition) is 2. The van der Waals surface area contributed by atoms with Gasteiger partial charge in [-0.25, -0.2) is 0 Å². The maximum Gasteiger partial charge on any atom is 0.276 e. The highest BCUT2D eigenvalue weighted by Crippen LogP contribution is 2.26. The standard InChI is InChI=1S/C16H16Cl2N4O/c17-10-5-6-13(12(18)9-10)20-16(23)14-7-8-15(22-21-14)19-11-3-1-2-4-11/h5-9,11H,1-4H2,(H,19,22)(H,20,23). The van der Waals surface area contributed by atoms with Gasteiger partial charge < -0.3 is 10.6 Å². The van der Waals surface area contributed by atoms with Crippen LogP contribution in [-0.2, 0) is 0 Å². The van der Waals surface area contributed by atoms with Crippen molar-refractivity contribution in [2.75, 3.05) is 10.6 Å². The Kier molecular flexibility index (Phi) is 4.98. The Hall–Kier alpha value is -1.85. The van der Waals surface area contributed by atoms with Crippen LogP contribution in [0.2, 0.25) is 10.0 Å². The first kappa shape index (κ1) is 16.0. The largest absolute Gasteiger partial charge is 0.366 e. The van der Waals surface area contributed by atoms with Gasteiger partial charge in [0.15, 0.2) is 5.69 Å². The van der Waals surface area contributed by atoms with Crippen LogP contribution in [-0.4, -0.2) is 22.1 Å². The third kappa shape index (κ3) is 4.12. The van der Waals surface area contributed by atoms with Crippen LogP contribution in [0.1, 0.15) is 36.2 Å². The fraction of sp³-hybridized carbons (Fsp3) is 0.312. The second-order valence-electron chi connectivity index (χ2n) is 5.51. The van der Waals surface area contributed by atoms with Gasteiger partial charge in [-0.15, -0.1) is 10.2 Å². The van der Waals surface area contributed by atoms with Gasteiger partial charge in [-0.1, -0.05) is 36.0 Å². The number of halogens is 2. The van der Waals surface area contributed by atoms with Gasteiger partial charge in [-0.3, -0.25) is 4.79 Å². The summed E-state index contributed by atoms with van der Waals surface area (Å²) in [6.07, 6.45) is 4.79. The van der Waals surface area contributed by atoms with E-state index in [4.69, 9.17) is 23.2 Å². The molecule has 1 heterocycles. The van der Waals surface area contributed by atoms with Gasteiger partial charge in [0.2, 0.25) is 0 Å². The van der Waals surface area contributed by atoms with E-state index < -0.39 is 0 Å². The Bertz CT molecular complexity index is 700. The van der Waals surface area contributed by atoms with Gasteiger partial charge in [-0.05, 0) is 43.2 Å². The first-order chi connectivity index (χ1) is 11.1. The van der Waals surface area contributed by atoms with Crippen molar-refractivity contribution in [1.29, 1.82) is 0 Å². The highest BCUT2D eigenvalue weighted by molar-refractivity contribution is 6.36. The van der Waals surface area contributed by atoms with Gasteiger partial charge in [0, 0.05) is 11.1 Å². The van der Waals surface area contributed by atoms with E-state index in [1.807, 2.05) is 0 Å². The van der Waals surface area contributed by atoms with E-state index in [2.05, 4.69) is 20.8 Å². The molecule has 0 aliphatic heterocycles. The van der Waals surface area contributed by atoms with Crippen molar-refractivity contribution in [2.24, 2.45) is 0 Å². The van der Waals surface area contributed by atoms with Crippen LogP contribution in [0.5, 0.6) is 0 Å². The lowest BCUT2D eigenvalue weighted by atomic mass is 10.2. The topological polar surface area (TPSA) is 66.9 Å². The number of carbonyl (C=O) groups is 1. The summed E-state index contributed by atoms with van der Waals surface area (Å²) < 4.78 is 0. The molecule has 1 saturated carbocycles. The summed E-state index contributed by atoms with van der Waals surface area (Å²) in [5.41, 5.74) is 0.712. The Labute approximate surface area is 144 Å². The summed E-state index contributed by atoms with van der Waals surface area (Å²) in [6, 6.07) is 8.73. The van der Waals surface area contributed by atoms with Crippen LogP contribution in [0.3, 0.4) is 0 Å². The molecule has 5 nitrogen and oxygen atoms in total. The molecule has 3 rings (SSSR count). The molecule has 2 aromatic rings. The molecule has 1 aliphatic rings. The molecule has 23 heavy (non-hydrogen) atoms. The van der Waals surface area contributed by atoms with E-state index in [9.17, 15) is 4.79 Å². The van der Waals surface area contributed by atoms with Crippen LogP contribution in [0.15, 0.2) is 30.3 Å². The molecular formula is C16H16Cl2N4O. The van der Waals surface area contributed by atoms with E-state index in [1.54, 1.807) is 30.3 Å². The molecule has 2 N–H and O–H groups in total. The average Bonchev–Trinajstić information content (AvgIpc) is 3.04. The summed E-state index contributed by atoms with van der Waals surface area (Å²) >= 11 is 11.9. The lowest BCUT2D eigenvalue weighted by Crippen LogP contribution is -2.18. The molecule has 0 bridgehead atoms. The smallest absolute Gasteiger partial charge is 0.276 e. The third-order valence-electron chi connectivity index (χ3n) is 3.78. The first-order valence-corrected chi connectivity index (χ1v) is 8.24. The van der Waals surface area contributed by atoms with Gasteiger partial charge in [-0.2, -0.15) is 0 Å². The van der Waals surface area contributed by atoms with Crippen molar-refractivity contribution in [3.8, 4) is 0 Å². The molecule has 1 fully saturated rings. The molecule has 1 aromatic heterocycles. The number of aromatic nitrogens is 2. The lowest BCUT2D eigenvalue weighted by Gasteiger charge is -2.12. The molecule has 120 valence electrons. The molecule has 0 atom stereocenters. The molecule has 0 unspecified atom stereocenters. The summed E-state index contributed by atoms with van der Waals surface area (Å²) in [7, 11) is 0. The van der Waals surface area contributed by atoms with Crippen molar-refractivity contribution in [1.82, 2.24) is 10.2 Å². The number of amides is 1. The van der Waals surface area contributed by atoms with E-state index >= 15 is 0 Å². The number of nitrogens with one attached hydrogen (secondary N) is 2. The average molecular weight is 351 g/mol. The zero-order valence-corrected chi connectivity index (χ0v) is 13.9. The van der Waals surface area contributed by atoms with Gasteiger partial charge >= 0.3 is 0 Å². The van der Waals surface area contributed by atoms with Crippen molar-refractivity contribution < 1.29 is 4.79 Å². The minimum Gasteiger partial charge on any atom is -0.366 e. The Morgan fingerprint density at radius 2 is 1.87 bits per heavy atom. The van der Waals surface area contributed by atoms with E-state index in [1.165, 1.54) is 12.8 Å². The molecule has 1 aromatic carbocycles. The molecule has 1 aliphatic carbocycles. The maximum atomic E-state index is 12.2. The van der Waals surface area contributed by atoms with E-state index in [-0.39, 0.29) is 11.6 Å². The van der Waals surface area contributed by atoms with Gasteiger partial charge in [0.05, 0.1) is 10.7 Å². The monoisotopic (exact) mass is 350 g/mol. The minimum atomic E-state index is -0.367. The van der Waals surface area contributed by atoms with Crippen LogP contribution < -0.4 is 10.6 Å². The molecule has 0 saturated heterocycles. The second kappa shape index (κ2) is 7.15. The van der Waals surface area contributed by atoms with Crippen molar-refractivity contribution in [2.45, 2.75) is 31.7 Å². The van der Waals surface area contributed by atoms with Crippen molar-refractivity contribution >= 4 is 40.6 Å². The number of hydrogen-bond acceptors (Lipinski definition) is 4. The fourth-order valence-electron chi connectivity index (χ4n) is 2.59. The Morgan fingerprint density at radius 1 is 1.09 bits per heavy atom. The quantitative estimate of drug-likeness (QED) is 0.857. The van der Waals surface area contributed by atoms with Crippen LogP contribution in [0.4, 0.5) is 11.5 Å². The number of benzene rings is 1. The van der Waals surface area contributed by atoms with Crippen LogP contribution in [0, 0.1) is 0 Å². The minimum absolute atomic E-state index is 0.230. The summed E-state index contributed by atoms with van der Waals surface area (Å²) in [5, 5.41) is 14.9. The Balaban J connectivity index is 1.65. The molecule has 0 radical (unpaired) electrons. The van der Waals surface area contributed by atoms with E-state index in [0.29, 0.717) is 27.6 Å². The highest BCUT2D eigenvalue weighted by Gasteiger charge is 2.16. The lowest BCUT2D eigenvalue weighted by molar-refractivity contribution is 0.102. The normalized spacial score (nSPS) is 14.7. The number of nitrogens with zero attached hydrogens (tertiary/aromatic N) is 2. The number of carbonyl (C=O) groups excluding carboxylic acids is 1. The van der Waals surface area contributed by atoms with Crippen molar-refractivity contribution in [3.63, 3.8) is 0 Å². The first-order valence-electron chi connectivity index (χ1n) is 7.48. The summed E-state index contributed by atoms with van der Waals surface area (Å²) in [4.78, 5) is 12.2. The SMILES string of the molecule is O=C(Nc1ccc(Cl)cc1Cl)c1ccc(NC2CCCC2)nn1. The van der Waals surface area contributed by atoms with Crippen molar-refractivity contribution in [3.05, 3.63) is 46.1 Å². The zero-order chi connectivity index (χ0) is 16.2. The Morgan fingerprint density at radius 3 is 2.52 bits per heavy atom. The van der Waals surface area contributed by atoms with Crippen LogP contribution >= 0.6 is 23.2 Å². The molecule has 7 heteroatoms. The predicted molar refractivity (Wildman–Crippen MR) is 92.3 cm³/mol. The maximum absolute atomic E-state index is 12.2. The fourth-order valence-corrected chi connectivity index (χ4v) is 3.04. The summed E-state index contributed by atoms with van der Waals surface area (Å²) in [5.74, 6) is 0.326. The molecular weight excluding hydrogens is 335 g/mol. The molecule has 0 spiro atoms. The van der Waals surface area contributed by atoms with E-state index in [0.717, 1.165) is 12.8 Å². The zero-order valence-electron chi connectivity index (χ0n) is 12.4. The second-order valence-corrected chi connectivity index (χ2v) is 6.35. The van der Waals surface area contributed by atoms with Gasteiger partial charge in [0.25, 0.3) is 5.91 Å². The number of rotatable bonds is 4.